The van der Waals surface area contributed by atoms with E-state index in [9.17, 15) is 22.8 Å². The molecule has 2 N–H and O–H groups in total. The smallest absolute Gasteiger partial charge is 0.409 e. The fraction of sp³-hybridized carbons (Fsp3) is 0.550. The fourth-order valence-corrected chi connectivity index (χ4v) is 5.20. The molecule has 31 heavy (non-hydrogen) atoms. The van der Waals surface area contributed by atoms with Gasteiger partial charge < -0.3 is 9.64 Å². The highest BCUT2D eigenvalue weighted by Crippen LogP contribution is 2.21. The molecule has 0 spiro atoms. The highest BCUT2D eigenvalue weighted by atomic mass is 32.2. The molecule has 2 saturated heterocycles. The van der Waals surface area contributed by atoms with E-state index < -0.39 is 15.9 Å². The summed E-state index contributed by atoms with van der Waals surface area (Å²) in [5.74, 6) is -1.19. The van der Waals surface area contributed by atoms with Gasteiger partial charge in [-0.05, 0) is 56.9 Å². The molecule has 1 aromatic rings. The molecular weight excluding hydrogens is 424 g/mol. The highest BCUT2D eigenvalue weighted by Gasteiger charge is 2.29. The molecule has 0 atom stereocenters. The van der Waals surface area contributed by atoms with Gasteiger partial charge in [0.05, 0.1) is 11.5 Å². The zero-order valence-corrected chi connectivity index (χ0v) is 18.3. The first kappa shape index (κ1) is 23.0. The Labute approximate surface area is 181 Å². The van der Waals surface area contributed by atoms with Gasteiger partial charge in [0.1, 0.15) is 0 Å². The molecule has 3 amide bonds. The second-order valence-electron chi connectivity index (χ2n) is 7.54. The zero-order chi connectivity index (χ0) is 22.4. The number of piperidine rings is 1. The number of benzene rings is 1. The van der Waals surface area contributed by atoms with Crippen molar-refractivity contribution >= 4 is 27.9 Å². The fourth-order valence-electron chi connectivity index (χ4n) is 3.69. The van der Waals surface area contributed by atoms with Gasteiger partial charge in [0, 0.05) is 37.7 Å². The van der Waals surface area contributed by atoms with Crippen LogP contribution in [-0.2, 0) is 19.6 Å². The second-order valence-corrected chi connectivity index (χ2v) is 9.48. The molecule has 170 valence electrons. The minimum atomic E-state index is -3.54. The quantitative estimate of drug-likeness (QED) is 0.645. The lowest BCUT2D eigenvalue weighted by Crippen LogP contribution is -2.48. The largest absolute Gasteiger partial charge is 0.450 e. The summed E-state index contributed by atoms with van der Waals surface area (Å²) in [7, 11) is -3.54. The molecule has 0 aromatic heterocycles. The number of amides is 3. The first-order chi connectivity index (χ1) is 14.8. The van der Waals surface area contributed by atoms with Crippen molar-refractivity contribution in [1.29, 1.82) is 0 Å². The number of ether oxygens (including phenoxy) is 1. The molecule has 10 nitrogen and oxygen atoms in total. The number of hydrazine groups is 1. The molecule has 0 unspecified atom stereocenters. The Kier molecular flexibility index (Phi) is 7.50. The van der Waals surface area contributed by atoms with Crippen molar-refractivity contribution in [2.45, 2.75) is 37.5 Å². The van der Waals surface area contributed by atoms with Crippen LogP contribution in [-0.4, -0.2) is 68.3 Å². The van der Waals surface area contributed by atoms with Crippen molar-refractivity contribution in [2.24, 2.45) is 5.92 Å². The monoisotopic (exact) mass is 452 g/mol. The number of carbonyl (C=O) groups excluding carboxylic acids is 3. The van der Waals surface area contributed by atoms with Crippen LogP contribution in [0.2, 0.25) is 0 Å². The van der Waals surface area contributed by atoms with E-state index >= 15 is 0 Å². The zero-order valence-electron chi connectivity index (χ0n) is 17.5. The molecule has 0 aliphatic carbocycles. The van der Waals surface area contributed by atoms with Crippen LogP contribution in [0.25, 0.3) is 0 Å². The molecule has 0 saturated carbocycles. The lowest BCUT2D eigenvalue weighted by atomic mass is 9.96. The van der Waals surface area contributed by atoms with Gasteiger partial charge in [0.2, 0.25) is 15.9 Å². The Morgan fingerprint density at radius 1 is 1.00 bits per heavy atom. The molecule has 2 aliphatic rings. The van der Waals surface area contributed by atoms with Crippen molar-refractivity contribution < 1.29 is 27.5 Å². The summed E-state index contributed by atoms with van der Waals surface area (Å²) in [6.07, 6.45) is 2.26. The lowest BCUT2D eigenvalue weighted by Gasteiger charge is -2.30. The number of nitrogens with zero attached hydrogens (tertiary/aromatic N) is 2. The van der Waals surface area contributed by atoms with Gasteiger partial charge in [0.15, 0.2) is 0 Å². The van der Waals surface area contributed by atoms with Crippen LogP contribution in [0.1, 0.15) is 43.0 Å². The maximum absolute atomic E-state index is 12.5. The molecule has 0 radical (unpaired) electrons. The predicted molar refractivity (Wildman–Crippen MR) is 111 cm³/mol. The molecule has 2 aliphatic heterocycles. The highest BCUT2D eigenvalue weighted by molar-refractivity contribution is 7.89. The van der Waals surface area contributed by atoms with Gasteiger partial charge in [-0.25, -0.2) is 13.2 Å². The topological polar surface area (TPSA) is 125 Å². The standard InChI is InChI=1S/C20H28N4O6S/c1-2-30-20(27)23-13-9-16(10-14-23)19(26)22-21-18(25)15-5-7-17(8-6-15)31(28,29)24-11-3-4-12-24/h5-8,16H,2-4,9-14H2,1H3,(H,21,25)(H,22,26). The molecule has 1 aromatic carbocycles. The van der Waals surface area contributed by atoms with Gasteiger partial charge >= 0.3 is 6.09 Å². The Hall–Kier alpha value is -2.66. The van der Waals surface area contributed by atoms with E-state index in [0.29, 0.717) is 45.6 Å². The number of nitrogens with one attached hydrogen (secondary N) is 2. The van der Waals surface area contributed by atoms with Crippen molar-refractivity contribution in [3.63, 3.8) is 0 Å². The van der Waals surface area contributed by atoms with Gasteiger partial charge in [0.25, 0.3) is 5.91 Å². The predicted octanol–water partition coefficient (Wildman–Crippen LogP) is 1.10. The number of sulfonamides is 1. The number of carbonyl (C=O) groups is 3. The number of hydrogen-bond acceptors (Lipinski definition) is 6. The second kappa shape index (κ2) is 10.1. The molecular formula is C20H28N4O6S. The maximum Gasteiger partial charge on any atom is 0.409 e. The summed E-state index contributed by atoms with van der Waals surface area (Å²) >= 11 is 0. The van der Waals surface area contributed by atoms with Gasteiger partial charge in [-0.3, -0.25) is 20.4 Å². The summed E-state index contributed by atoms with van der Waals surface area (Å²) in [4.78, 5) is 38.0. The van der Waals surface area contributed by atoms with E-state index in [4.69, 9.17) is 4.74 Å². The number of rotatable bonds is 5. The van der Waals surface area contributed by atoms with E-state index in [1.165, 1.54) is 28.6 Å². The van der Waals surface area contributed by atoms with E-state index in [1.54, 1.807) is 11.8 Å². The first-order valence-corrected chi connectivity index (χ1v) is 11.9. The van der Waals surface area contributed by atoms with Gasteiger partial charge in [-0.15, -0.1) is 0 Å². The summed E-state index contributed by atoms with van der Waals surface area (Å²) in [6.45, 7) is 3.89. The average molecular weight is 453 g/mol. The van der Waals surface area contributed by atoms with Crippen molar-refractivity contribution in [3.8, 4) is 0 Å². The van der Waals surface area contributed by atoms with Gasteiger partial charge in [-0.2, -0.15) is 4.31 Å². The van der Waals surface area contributed by atoms with Crippen molar-refractivity contribution in [3.05, 3.63) is 29.8 Å². The molecule has 2 heterocycles. The summed E-state index contributed by atoms with van der Waals surface area (Å²) in [5, 5.41) is 0. The first-order valence-electron chi connectivity index (χ1n) is 10.4. The van der Waals surface area contributed by atoms with Crippen molar-refractivity contribution in [2.75, 3.05) is 32.8 Å². The third kappa shape index (κ3) is 5.53. The third-order valence-corrected chi connectivity index (χ3v) is 7.42. The molecule has 3 rings (SSSR count). The number of likely N-dealkylation sites (tertiary alicyclic amines) is 1. The maximum atomic E-state index is 12.5. The molecule has 11 heteroatoms. The Balaban J connectivity index is 1.48. The number of hydrogen-bond donors (Lipinski definition) is 2. The van der Waals surface area contributed by atoms with Crippen LogP contribution in [0.4, 0.5) is 4.79 Å². The van der Waals surface area contributed by atoms with E-state index in [2.05, 4.69) is 10.9 Å². The Morgan fingerprint density at radius 2 is 1.61 bits per heavy atom. The minimum absolute atomic E-state index is 0.142. The third-order valence-electron chi connectivity index (χ3n) is 5.51. The summed E-state index contributed by atoms with van der Waals surface area (Å²) in [6, 6.07) is 5.63. The SMILES string of the molecule is CCOC(=O)N1CCC(C(=O)NNC(=O)c2ccc(S(=O)(=O)N3CCCC3)cc2)CC1. The van der Waals surface area contributed by atoms with Crippen LogP contribution in [0.5, 0.6) is 0 Å². The van der Waals surface area contributed by atoms with E-state index in [-0.39, 0.29) is 28.4 Å². The Morgan fingerprint density at radius 3 is 2.19 bits per heavy atom. The van der Waals surface area contributed by atoms with E-state index in [0.717, 1.165) is 12.8 Å². The average Bonchev–Trinajstić information content (AvgIpc) is 3.33. The van der Waals surface area contributed by atoms with E-state index in [1.807, 2.05) is 0 Å². The molecule has 0 bridgehead atoms. The lowest BCUT2D eigenvalue weighted by molar-refractivity contribution is -0.127. The molecule has 2 fully saturated rings. The summed E-state index contributed by atoms with van der Waals surface area (Å²) < 4.78 is 31.5. The summed E-state index contributed by atoms with van der Waals surface area (Å²) in [5.41, 5.74) is 5.00. The van der Waals surface area contributed by atoms with Crippen LogP contribution >= 0.6 is 0 Å². The van der Waals surface area contributed by atoms with Crippen LogP contribution in [0, 0.1) is 5.92 Å². The minimum Gasteiger partial charge on any atom is -0.450 e. The van der Waals surface area contributed by atoms with Crippen LogP contribution in [0.15, 0.2) is 29.2 Å². The Bertz CT molecular complexity index is 904. The van der Waals surface area contributed by atoms with Crippen LogP contribution in [0.3, 0.4) is 0 Å². The normalized spacial score (nSPS) is 17.9. The van der Waals surface area contributed by atoms with Crippen LogP contribution < -0.4 is 10.9 Å². The van der Waals surface area contributed by atoms with Gasteiger partial charge in [-0.1, -0.05) is 0 Å². The van der Waals surface area contributed by atoms with Crippen molar-refractivity contribution in [1.82, 2.24) is 20.1 Å².